The smallest absolute Gasteiger partial charge is 0.331 e. The van der Waals surface area contributed by atoms with E-state index >= 15 is 0 Å². The lowest BCUT2D eigenvalue weighted by molar-refractivity contribution is -0.237. The molecule has 4 N–H and O–H groups in total. The number of nitrogens with one attached hydrogen (secondary N) is 1. The number of rotatable bonds is 4. The Morgan fingerprint density at radius 2 is 1.87 bits per heavy atom. The van der Waals surface area contributed by atoms with E-state index in [-0.39, 0.29) is 30.1 Å². The van der Waals surface area contributed by atoms with E-state index in [1.54, 1.807) is 36.6 Å². The topological polar surface area (TPSA) is 128 Å². The lowest BCUT2D eigenvalue weighted by atomic mass is 9.41. The number of amides is 1. The Labute approximate surface area is 233 Å². The lowest BCUT2D eigenvalue weighted by Gasteiger charge is -2.65. The van der Waals surface area contributed by atoms with Gasteiger partial charge in [0.15, 0.2) is 0 Å². The van der Waals surface area contributed by atoms with E-state index in [9.17, 15) is 24.9 Å². The van der Waals surface area contributed by atoms with E-state index in [1.807, 2.05) is 0 Å². The highest BCUT2D eigenvalue weighted by molar-refractivity contribution is 6.33. The largest absolute Gasteiger partial charge is 0.458 e. The van der Waals surface area contributed by atoms with Crippen molar-refractivity contribution in [3.63, 3.8) is 0 Å². The van der Waals surface area contributed by atoms with E-state index in [2.05, 4.69) is 17.5 Å². The Morgan fingerprint density at radius 3 is 2.62 bits per heavy atom. The zero-order valence-electron chi connectivity index (χ0n) is 22.2. The molecule has 1 aromatic carbocycles. The van der Waals surface area contributed by atoms with E-state index < -0.39 is 34.0 Å². The third kappa shape index (κ3) is 3.93. The predicted molar refractivity (Wildman–Crippen MR) is 145 cm³/mol. The van der Waals surface area contributed by atoms with Crippen LogP contribution in [0.3, 0.4) is 0 Å². The fourth-order valence-electron chi connectivity index (χ4n) is 9.27. The van der Waals surface area contributed by atoms with Crippen molar-refractivity contribution < 1.29 is 29.6 Å². The van der Waals surface area contributed by atoms with Gasteiger partial charge in [0.25, 0.3) is 5.91 Å². The number of carbonyl (C=O) groups excluding carboxylic acids is 2. The Bertz CT molecular complexity index is 1250. The number of nitrogens with zero attached hydrogens (tertiary/aromatic N) is 1. The fourth-order valence-corrected chi connectivity index (χ4v) is 9.49. The molecule has 210 valence electrons. The first-order valence-corrected chi connectivity index (χ1v) is 14.5. The molecule has 0 spiro atoms. The lowest BCUT2D eigenvalue weighted by Crippen LogP contribution is -2.68. The second-order valence-corrected chi connectivity index (χ2v) is 13.1. The number of fused-ring (bicyclic) bond motifs is 5. The molecule has 0 aromatic heterocycles. The number of cyclic esters (lactones) is 1. The number of carbonyl (C=O) groups is 2. The standard InChI is InChI=1S/C30H37ClN2O6/c1-27-10-7-22-23(30(27,38)13-9-21(27)18-14-25(35)39-16-18)8-12-29(37)15-19(34)6-11-28(22,29)17-32-33-26(36)20-4-2-3-5-24(20)31/h2-5,14,17,19,21-23,34,37-38H,6-13,15-16H2,1H3,(H,33,36)/b32-17-/t19-,21-,22+,23-,27-,28+,29+,30-/m1/s1. The van der Waals surface area contributed by atoms with Gasteiger partial charge in [-0.2, -0.15) is 5.10 Å². The zero-order valence-corrected chi connectivity index (χ0v) is 23.0. The molecule has 39 heavy (non-hydrogen) atoms. The number of benzene rings is 1. The molecule has 8 atom stereocenters. The van der Waals surface area contributed by atoms with Gasteiger partial charge in [-0.3, -0.25) is 4.79 Å². The summed E-state index contributed by atoms with van der Waals surface area (Å²) in [5, 5.41) is 39.8. The highest BCUT2D eigenvalue weighted by Gasteiger charge is 2.71. The number of halogens is 1. The summed E-state index contributed by atoms with van der Waals surface area (Å²) in [4.78, 5) is 24.7. The summed E-state index contributed by atoms with van der Waals surface area (Å²) in [5.41, 5.74) is 0.526. The van der Waals surface area contributed by atoms with Crippen LogP contribution in [0, 0.1) is 28.6 Å². The summed E-state index contributed by atoms with van der Waals surface area (Å²) in [5.74, 6) is -0.827. The molecule has 6 rings (SSSR count). The van der Waals surface area contributed by atoms with Gasteiger partial charge in [0.1, 0.15) is 6.61 Å². The molecule has 9 heteroatoms. The third-order valence-corrected chi connectivity index (χ3v) is 11.5. The molecular weight excluding hydrogens is 520 g/mol. The van der Waals surface area contributed by atoms with E-state index in [0.29, 0.717) is 49.3 Å². The number of hydrazone groups is 1. The zero-order chi connectivity index (χ0) is 27.6. The van der Waals surface area contributed by atoms with Crippen molar-refractivity contribution in [2.45, 2.75) is 82.0 Å². The van der Waals surface area contributed by atoms with E-state index in [1.165, 1.54) is 0 Å². The van der Waals surface area contributed by atoms with Crippen molar-refractivity contribution in [1.82, 2.24) is 5.43 Å². The van der Waals surface area contributed by atoms with Crippen LogP contribution in [0.1, 0.15) is 75.1 Å². The van der Waals surface area contributed by atoms with Gasteiger partial charge in [0, 0.05) is 29.5 Å². The maximum atomic E-state index is 12.8. The first kappa shape index (κ1) is 26.9. The molecule has 4 aliphatic carbocycles. The average Bonchev–Trinajstić information content (AvgIpc) is 3.44. The molecule has 8 nitrogen and oxygen atoms in total. The highest BCUT2D eigenvalue weighted by Crippen LogP contribution is 2.70. The minimum absolute atomic E-state index is 0.0722. The molecular formula is C30H37ClN2O6. The van der Waals surface area contributed by atoms with Crippen LogP contribution in [0.5, 0.6) is 0 Å². The molecule has 4 saturated carbocycles. The predicted octanol–water partition coefficient (Wildman–Crippen LogP) is 3.77. The van der Waals surface area contributed by atoms with Gasteiger partial charge in [-0.1, -0.05) is 30.7 Å². The van der Waals surface area contributed by atoms with Crippen LogP contribution >= 0.6 is 11.6 Å². The van der Waals surface area contributed by atoms with Crippen LogP contribution in [-0.4, -0.2) is 57.3 Å². The van der Waals surface area contributed by atoms with Crippen molar-refractivity contribution in [2.75, 3.05) is 6.61 Å². The van der Waals surface area contributed by atoms with Gasteiger partial charge in [0.05, 0.1) is 27.9 Å². The van der Waals surface area contributed by atoms with Gasteiger partial charge in [-0.15, -0.1) is 0 Å². The fraction of sp³-hybridized carbons (Fsp3) is 0.633. The van der Waals surface area contributed by atoms with Crippen LogP contribution in [0.25, 0.3) is 0 Å². The quantitative estimate of drug-likeness (QED) is 0.254. The van der Waals surface area contributed by atoms with Gasteiger partial charge >= 0.3 is 5.97 Å². The summed E-state index contributed by atoms with van der Waals surface area (Å²) in [6, 6.07) is 6.75. The van der Waals surface area contributed by atoms with Crippen molar-refractivity contribution in [3.05, 3.63) is 46.5 Å². The highest BCUT2D eigenvalue weighted by atomic mass is 35.5. The number of esters is 1. The van der Waals surface area contributed by atoms with Crippen LogP contribution in [0.15, 0.2) is 41.0 Å². The van der Waals surface area contributed by atoms with Gasteiger partial charge < -0.3 is 20.1 Å². The molecule has 4 fully saturated rings. The maximum absolute atomic E-state index is 12.8. The Balaban J connectivity index is 1.33. The summed E-state index contributed by atoms with van der Waals surface area (Å²) >= 11 is 6.19. The summed E-state index contributed by atoms with van der Waals surface area (Å²) in [7, 11) is 0. The molecule has 1 amide bonds. The number of hydrogen-bond donors (Lipinski definition) is 4. The normalized spacial score (nSPS) is 43.3. The number of ether oxygens (including phenoxy) is 1. The van der Waals surface area contributed by atoms with Gasteiger partial charge in [-0.05, 0) is 86.8 Å². The summed E-state index contributed by atoms with van der Waals surface area (Å²) < 4.78 is 5.23. The molecule has 0 saturated heterocycles. The van der Waals surface area contributed by atoms with Crippen molar-refractivity contribution in [1.29, 1.82) is 0 Å². The van der Waals surface area contributed by atoms with Crippen molar-refractivity contribution in [2.24, 2.45) is 33.7 Å². The first-order valence-electron chi connectivity index (χ1n) is 14.1. The minimum Gasteiger partial charge on any atom is -0.458 e. The van der Waals surface area contributed by atoms with Crippen LogP contribution in [0.2, 0.25) is 5.02 Å². The third-order valence-electron chi connectivity index (χ3n) is 11.2. The molecule has 1 aromatic rings. The summed E-state index contributed by atoms with van der Waals surface area (Å²) in [6.07, 6.45) is 7.96. The van der Waals surface area contributed by atoms with E-state index in [0.717, 1.165) is 24.8 Å². The van der Waals surface area contributed by atoms with Crippen molar-refractivity contribution >= 4 is 29.7 Å². The Kier molecular flexibility index (Phi) is 6.49. The van der Waals surface area contributed by atoms with Gasteiger partial charge in [-0.25, -0.2) is 10.2 Å². The Morgan fingerprint density at radius 1 is 1.10 bits per heavy atom. The SMILES string of the molecule is C[C@]12CC[C@H]3[C@@H](CC[C@]4(O)C[C@H](O)CC[C@]34/C=N\NC(=O)c3ccccc3Cl)[C@]1(O)CC[C@@H]2C1=CC(=O)OC1. The molecule has 5 aliphatic rings. The second kappa shape index (κ2) is 9.40. The molecule has 0 unspecified atom stereocenters. The molecule has 0 bridgehead atoms. The van der Waals surface area contributed by atoms with Crippen molar-refractivity contribution in [3.8, 4) is 0 Å². The number of hydrogen-bond acceptors (Lipinski definition) is 7. The monoisotopic (exact) mass is 556 g/mol. The van der Waals surface area contributed by atoms with Gasteiger partial charge in [0.2, 0.25) is 0 Å². The van der Waals surface area contributed by atoms with Crippen LogP contribution in [-0.2, 0) is 9.53 Å². The van der Waals surface area contributed by atoms with E-state index in [4.69, 9.17) is 16.3 Å². The van der Waals surface area contributed by atoms with Crippen LogP contribution in [0.4, 0.5) is 0 Å². The first-order chi connectivity index (χ1) is 18.5. The minimum atomic E-state index is -1.19. The second-order valence-electron chi connectivity index (χ2n) is 12.7. The van der Waals surface area contributed by atoms with Crippen LogP contribution < -0.4 is 5.43 Å². The number of aliphatic hydroxyl groups excluding tert-OH is 1. The summed E-state index contributed by atoms with van der Waals surface area (Å²) in [6.45, 7) is 2.45. The molecule has 1 aliphatic heterocycles. The number of aliphatic hydroxyl groups is 3. The Hall–Kier alpha value is -2.26. The molecule has 1 heterocycles. The average molecular weight is 557 g/mol. The molecule has 0 radical (unpaired) electrons. The maximum Gasteiger partial charge on any atom is 0.331 e.